The van der Waals surface area contributed by atoms with Crippen molar-refractivity contribution in [3.63, 3.8) is 0 Å². The highest BCUT2D eigenvalue weighted by Gasteiger charge is 2.41. The molecule has 0 bridgehead atoms. The largest absolute Gasteiger partial charge is 0.506 e. The fourth-order valence-electron chi connectivity index (χ4n) is 6.36. The quantitative estimate of drug-likeness (QED) is 0.172. The lowest BCUT2D eigenvalue weighted by atomic mass is 9.89. The van der Waals surface area contributed by atoms with E-state index >= 15 is 0 Å². The number of morpholine rings is 1. The molecule has 2 saturated heterocycles. The number of likely N-dealkylation sites (tertiary alicyclic amines) is 1. The summed E-state index contributed by atoms with van der Waals surface area (Å²) < 4.78 is 13.9. The SMILES string of the molecule is O=C(c1nc2ccccc2s1)N1CCOC2(CCN(CCOc3ccc(CNCC(O)c4ccc(O)c5[nH]c(=O)sc45)cc3)CC2)C1. The van der Waals surface area contributed by atoms with E-state index in [-0.39, 0.29) is 22.1 Å². The summed E-state index contributed by atoms with van der Waals surface area (Å²) in [7, 11) is 0. The Labute approximate surface area is 279 Å². The molecule has 1 amide bonds. The number of hydrogen-bond acceptors (Lipinski definition) is 11. The Kier molecular flexibility index (Phi) is 9.26. The van der Waals surface area contributed by atoms with Crippen LogP contribution in [0.4, 0.5) is 0 Å². The van der Waals surface area contributed by atoms with Crippen molar-refractivity contribution in [2.24, 2.45) is 0 Å². The van der Waals surface area contributed by atoms with Gasteiger partial charge in [0, 0.05) is 44.8 Å². The molecule has 1 atom stereocenters. The molecule has 4 heterocycles. The summed E-state index contributed by atoms with van der Waals surface area (Å²) in [5.74, 6) is 0.790. The molecule has 2 aromatic heterocycles. The number of thiazole rings is 2. The van der Waals surface area contributed by atoms with Gasteiger partial charge in [-0.1, -0.05) is 41.7 Å². The number of rotatable bonds is 10. The van der Waals surface area contributed by atoms with Gasteiger partial charge in [0.1, 0.15) is 23.6 Å². The number of H-pyrrole nitrogens is 1. The Bertz CT molecular complexity index is 1880. The summed E-state index contributed by atoms with van der Waals surface area (Å²) in [6.45, 7) is 5.76. The molecule has 3 aromatic carbocycles. The number of nitrogens with zero attached hydrogens (tertiary/aromatic N) is 3. The molecule has 1 spiro atoms. The minimum atomic E-state index is -0.826. The van der Waals surface area contributed by atoms with Gasteiger partial charge >= 0.3 is 4.87 Å². The third kappa shape index (κ3) is 7.05. The molecule has 0 saturated carbocycles. The zero-order valence-electron chi connectivity index (χ0n) is 25.8. The zero-order chi connectivity index (χ0) is 32.4. The number of aromatic hydroxyl groups is 1. The normalized spacial score (nSPS) is 17.4. The minimum Gasteiger partial charge on any atom is -0.506 e. The van der Waals surface area contributed by atoms with Crippen molar-refractivity contribution in [3.05, 3.63) is 86.5 Å². The van der Waals surface area contributed by atoms with Gasteiger partial charge in [-0.2, -0.15) is 0 Å². The second kappa shape index (κ2) is 13.7. The maximum Gasteiger partial charge on any atom is 0.305 e. The van der Waals surface area contributed by atoms with Crippen LogP contribution in [0, 0.1) is 0 Å². The third-order valence-electron chi connectivity index (χ3n) is 8.99. The fraction of sp³-hybridized carbons (Fsp3) is 0.382. The number of aromatic amines is 1. The van der Waals surface area contributed by atoms with E-state index in [1.54, 1.807) is 6.07 Å². The van der Waals surface area contributed by atoms with Crippen LogP contribution in [0.3, 0.4) is 0 Å². The maximum atomic E-state index is 13.3. The smallest absolute Gasteiger partial charge is 0.305 e. The van der Waals surface area contributed by atoms with Gasteiger partial charge in [0.15, 0.2) is 5.01 Å². The monoisotopic (exact) mass is 675 g/mol. The number of phenols is 1. The molecular formula is C34H37N5O6S2. The molecule has 7 rings (SSSR count). The molecule has 2 aliphatic heterocycles. The van der Waals surface area contributed by atoms with Gasteiger partial charge in [-0.05, 0) is 48.7 Å². The average molecular weight is 676 g/mol. The van der Waals surface area contributed by atoms with Gasteiger partial charge in [-0.15, -0.1) is 11.3 Å². The highest BCUT2D eigenvalue weighted by Crippen LogP contribution is 2.33. The van der Waals surface area contributed by atoms with E-state index < -0.39 is 6.10 Å². The summed E-state index contributed by atoms with van der Waals surface area (Å²) in [5, 5.41) is 24.5. The first kappa shape index (κ1) is 31.7. The van der Waals surface area contributed by atoms with Gasteiger partial charge < -0.3 is 34.9 Å². The molecule has 47 heavy (non-hydrogen) atoms. The number of carbonyl (C=O) groups excluding carboxylic acids is 1. The summed E-state index contributed by atoms with van der Waals surface area (Å²) in [6.07, 6.45) is 0.916. The second-order valence-electron chi connectivity index (χ2n) is 12.1. The van der Waals surface area contributed by atoms with Crippen LogP contribution in [0.1, 0.15) is 39.9 Å². The number of nitrogens with one attached hydrogen (secondary N) is 2. The topological polar surface area (TPSA) is 140 Å². The number of amides is 1. The molecule has 246 valence electrons. The van der Waals surface area contributed by atoms with Gasteiger partial charge in [0.2, 0.25) is 0 Å². The Morgan fingerprint density at radius 2 is 1.89 bits per heavy atom. The maximum absolute atomic E-state index is 13.3. The van der Waals surface area contributed by atoms with Gasteiger partial charge in [-0.3, -0.25) is 14.5 Å². The minimum absolute atomic E-state index is 0.00302. The van der Waals surface area contributed by atoms with Crippen LogP contribution in [0.15, 0.2) is 65.5 Å². The predicted molar refractivity (Wildman–Crippen MR) is 183 cm³/mol. The highest BCUT2D eigenvalue weighted by molar-refractivity contribution is 7.20. The van der Waals surface area contributed by atoms with Gasteiger partial charge in [-0.25, -0.2) is 4.98 Å². The van der Waals surface area contributed by atoms with E-state index in [2.05, 4.69) is 20.2 Å². The molecule has 4 N–H and O–H groups in total. The van der Waals surface area contributed by atoms with Crippen LogP contribution in [0.25, 0.3) is 20.4 Å². The first-order valence-corrected chi connectivity index (χ1v) is 17.5. The number of para-hydroxylation sites is 1. The predicted octanol–water partition coefficient (Wildman–Crippen LogP) is 4.11. The van der Waals surface area contributed by atoms with E-state index in [9.17, 15) is 19.8 Å². The van der Waals surface area contributed by atoms with Crippen molar-refractivity contribution in [2.45, 2.75) is 31.1 Å². The third-order valence-corrected chi connectivity index (χ3v) is 10.9. The van der Waals surface area contributed by atoms with Crippen LogP contribution in [0.2, 0.25) is 0 Å². The van der Waals surface area contributed by atoms with Crippen molar-refractivity contribution in [3.8, 4) is 11.5 Å². The molecule has 2 aliphatic rings. The van der Waals surface area contributed by atoms with Crippen molar-refractivity contribution < 1.29 is 24.5 Å². The van der Waals surface area contributed by atoms with E-state index in [1.165, 1.54) is 17.4 Å². The van der Waals surface area contributed by atoms with Crippen LogP contribution in [0.5, 0.6) is 11.5 Å². The molecule has 11 nitrogen and oxygen atoms in total. The molecule has 13 heteroatoms. The number of fused-ring (bicyclic) bond motifs is 2. The Morgan fingerprint density at radius 3 is 2.70 bits per heavy atom. The number of benzene rings is 3. The Hall–Kier alpha value is -3.85. The van der Waals surface area contributed by atoms with Crippen molar-refractivity contribution in [1.82, 2.24) is 25.1 Å². The number of carbonyl (C=O) groups is 1. The number of aliphatic hydroxyl groups is 1. The number of hydrogen-bond donors (Lipinski definition) is 4. The Morgan fingerprint density at radius 1 is 1.09 bits per heavy atom. The zero-order valence-corrected chi connectivity index (χ0v) is 27.4. The number of phenolic OH excluding ortho intramolecular Hbond substituents is 1. The van der Waals surface area contributed by atoms with Crippen LogP contribution in [-0.2, 0) is 11.3 Å². The molecule has 0 radical (unpaired) electrons. The average Bonchev–Trinajstić information content (AvgIpc) is 3.70. The summed E-state index contributed by atoms with van der Waals surface area (Å²) in [4.78, 5) is 36.3. The Balaban J connectivity index is 0.832. The van der Waals surface area contributed by atoms with E-state index in [0.29, 0.717) is 60.2 Å². The fourth-order valence-corrected chi connectivity index (χ4v) is 8.22. The molecule has 0 aliphatic carbocycles. The van der Waals surface area contributed by atoms with E-state index in [4.69, 9.17) is 9.47 Å². The highest BCUT2D eigenvalue weighted by atomic mass is 32.1. The van der Waals surface area contributed by atoms with Crippen LogP contribution >= 0.6 is 22.7 Å². The van der Waals surface area contributed by atoms with Crippen LogP contribution in [-0.4, -0.2) is 94.0 Å². The van der Waals surface area contributed by atoms with E-state index in [0.717, 1.165) is 65.3 Å². The van der Waals surface area contributed by atoms with Crippen molar-refractivity contribution >= 4 is 49.0 Å². The first-order valence-electron chi connectivity index (χ1n) is 15.8. The lowest BCUT2D eigenvalue weighted by Gasteiger charge is -2.47. The van der Waals surface area contributed by atoms with Crippen LogP contribution < -0.4 is 14.9 Å². The van der Waals surface area contributed by atoms with Gasteiger partial charge in [0.25, 0.3) is 5.91 Å². The number of aliphatic hydroxyl groups excluding tert-OH is 1. The lowest BCUT2D eigenvalue weighted by molar-refractivity contribution is -0.127. The first-order chi connectivity index (χ1) is 22.9. The summed E-state index contributed by atoms with van der Waals surface area (Å²) >= 11 is 2.43. The summed E-state index contributed by atoms with van der Waals surface area (Å²) in [6, 6.07) is 18.9. The van der Waals surface area contributed by atoms with Gasteiger partial charge in [0.05, 0.1) is 39.8 Å². The van der Waals surface area contributed by atoms with E-state index in [1.807, 2.05) is 53.4 Å². The number of ether oxygens (including phenoxy) is 2. The molecule has 5 aromatic rings. The molecule has 1 unspecified atom stereocenters. The number of aromatic nitrogens is 2. The standard InChI is InChI=1S/C34H37N5O6S2/c40-26-10-9-24(30-29(26)37-33(43)47-30)27(41)20-35-19-22-5-7-23(8-6-22)44-17-15-38-13-11-34(12-14-38)21-39(16-18-45-34)32(42)31-36-25-3-1-2-4-28(25)46-31/h1-10,27,35,40-41H,11-21H2,(H,37,43). The second-order valence-corrected chi connectivity index (χ2v) is 14.1. The number of piperidine rings is 1. The lowest BCUT2D eigenvalue weighted by Crippen LogP contribution is -2.58. The molecule has 2 fully saturated rings. The summed E-state index contributed by atoms with van der Waals surface area (Å²) in [5.41, 5.74) is 2.57. The molecular weight excluding hydrogens is 639 g/mol. The van der Waals surface area contributed by atoms with Crippen molar-refractivity contribution in [1.29, 1.82) is 0 Å². The van der Waals surface area contributed by atoms with Crippen molar-refractivity contribution in [2.75, 3.05) is 52.5 Å².